The third-order valence-electron chi connectivity index (χ3n) is 2.72. The third kappa shape index (κ3) is 3.00. The Morgan fingerprint density at radius 2 is 2.05 bits per heavy atom. The van der Waals surface area contributed by atoms with E-state index in [0.717, 1.165) is 22.8 Å². The predicted octanol–water partition coefficient (Wildman–Crippen LogP) is 2.13. The maximum atomic E-state index is 11.6. The van der Waals surface area contributed by atoms with Gasteiger partial charge in [-0.3, -0.25) is 0 Å². The SMILES string of the molecule is COC(=O)c1c(N)nsc1NCc1ccc(OC)cc1. The van der Waals surface area contributed by atoms with Gasteiger partial charge in [0.1, 0.15) is 16.3 Å². The first kappa shape index (κ1) is 14.1. The van der Waals surface area contributed by atoms with E-state index in [1.54, 1.807) is 7.11 Å². The minimum atomic E-state index is -0.492. The number of nitrogen functional groups attached to an aromatic ring is 1. The number of aromatic nitrogens is 1. The fraction of sp³-hybridized carbons (Fsp3) is 0.231. The molecule has 1 aromatic heterocycles. The molecular weight excluding hydrogens is 278 g/mol. The normalized spacial score (nSPS) is 10.1. The van der Waals surface area contributed by atoms with Gasteiger partial charge in [-0.2, -0.15) is 4.37 Å². The predicted molar refractivity (Wildman–Crippen MR) is 78.2 cm³/mol. The number of methoxy groups -OCH3 is 2. The molecule has 0 saturated carbocycles. The van der Waals surface area contributed by atoms with Gasteiger partial charge in [0.25, 0.3) is 0 Å². The Kier molecular flexibility index (Phi) is 4.41. The molecule has 0 unspecified atom stereocenters. The highest BCUT2D eigenvalue weighted by Gasteiger charge is 2.19. The number of nitrogens with two attached hydrogens (primary N) is 1. The van der Waals surface area contributed by atoms with E-state index in [1.165, 1.54) is 7.11 Å². The zero-order chi connectivity index (χ0) is 14.5. The summed E-state index contributed by atoms with van der Waals surface area (Å²) in [7, 11) is 2.93. The number of anilines is 2. The Balaban J connectivity index is 2.08. The van der Waals surface area contributed by atoms with Gasteiger partial charge in [0.15, 0.2) is 5.82 Å². The van der Waals surface area contributed by atoms with Crippen molar-refractivity contribution in [1.82, 2.24) is 4.37 Å². The summed E-state index contributed by atoms with van der Waals surface area (Å²) in [4.78, 5) is 11.6. The first-order valence-corrected chi connectivity index (χ1v) is 6.63. The lowest BCUT2D eigenvalue weighted by Gasteiger charge is -2.07. The lowest BCUT2D eigenvalue weighted by Crippen LogP contribution is -2.08. The number of rotatable bonds is 5. The lowest BCUT2D eigenvalue weighted by molar-refractivity contribution is 0.0603. The summed E-state index contributed by atoms with van der Waals surface area (Å²) < 4.78 is 13.7. The molecule has 7 heteroatoms. The van der Waals surface area contributed by atoms with Crippen LogP contribution in [-0.2, 0) is 11.3 Å². The van der Waals surface area contributed by atoms with Gasteiger partial charge in [-0.25, -0.2) is 4.79 Å². The molecule has 0 aliphatic heterocycles. The van der Waals surface area contributed by atoms with E-state index in [4.69, 9.17) is 10.5 Å². The first-order valence-electron chi connectivity index (χ1n) is 5.86. The highest BCUT2D eigenvalue weighted by molar-refractivity contribution is 7.11. The molecule has 0 bridgehead atoms. The van der Waals surface area contributed by atoms with Crippen LogP contribution >= 0.6 is 11.5 Å². The van der Waals surface area contributed by atoms with Crippen LogP contribution in [0, 0.1) is 0 Å². The van der Waals surface area contributed by atoms with Crippen LogP contribution in [0.15, 0.2) is 24.3 Å². The number of carbonyl (C=O) groups excluding carboxylic acids is 1. The summed E-state index contributed by atoms with van der Waals surface area (Å²) >= 11 is 1.14. The minimum Gasteiger partial charge on any atom is -0.497 e. The van der Waals surface area contributed by atoms with Crippen LogP contribution in [0.3, 0.4) is 0 Å². The maximum absolute atomic E-state index is 11.6. The first-order chi connectivity index (χ1) is 9.65. The van der Waals surface area contributed by atoms with Crippen molar-refractivity contribution in [1.29, 1.82) is 0 Å². The molecule has 0 aliphatic rings. The second-order valence-corrected chi connectivity index (χ2v) is 4.74. The second-order valence-electron chi connectivity index (χ2n) is 3.97. The summed E-state index contributed by atoms with van der Waals surface area (Å²) in [5, 5.41) is 3.74. The fourth-order valence-corrected chi connectivity index (χ4v) is 2.34. The van der Waals surface area contributed by atoms with E-state index in [1.807, 2.05) is 24.3 Å². The summed E-state index contributed by atoms with van der Waals surface area (Å²) in [6.07, 6.45) is 0. The minimum absolute atomic E-state index is 0.180. The molecule has 0 amide bonds. The number of esters is 1. The van der Waals surface area contributed by atoms with Gasteiger partial charge in [-0.15, -0.1) is 0 Å². The molecule has 0 aliphatic carbocycles. The summed E-state index contributed by atoms with van der Waals surface area (Å²) in [6.45, 7) is 0.551. The number of nitrogens with one attached hydrogen (secondary N) is 1. The topological polar surface area (TPSA) is 86.5 Å². The number of ether oxygens (including phenoxy) is 2. The van der Waals surface area contributed by atoms with Crippen molar-refractivity contribution in [2.24, 2.45) is 0 Å². The smallest absolute Gasteiger partial charge is 0.344 e. The van der Waals surface area contributed by atoms with Crippen molar-refractivity contribution in [3.63, 3.8) is 0 Å². The number of nitrogens with zero attached hydrogens (tertiary/aromatic N) is 1. The Morgan fingerprint density at radius 3 is 2.65 bits per heavy atom. The van der Waals surface area contributed by atoms with Crippen molar-refractivity contribution in [3.05, 3.63) is 35.4 Å². The van der Waals surface area contributed by atoms with Crippen molar-refractivity contribution >= 4 is 28.3 Å². The lowest BCUT2D eigenvalue weighted by atomic mass is 10.2. The molecule has 0 spiro atoms. The fourth-order valence-electron chi connectivity index (χ4n) is 1.65. The second kappa shape index (κ2) is 6.25. The van der Waals surface area contributed by atoms with Crippen LogP contribution in [0.1, 0.15) is 15.9 Å². The highest BCUT2D eigenvalue weighted by atomic mass is 32.1. The van der Waals surface area contributed by atoms with E-state index in [2.05, 4.69) is 14.4 Å². The number of carbonyl (C=O) groups is 1. The third-order valence-corrected chi connectivity index (χ3v) is 3.54. The molecular formula is C13H15N3O3S. The van der Waals surface area contributed by atoms with Crippen LogP contribution < -0.4 is 15.8 Å². The monoisotopic (exact) mass is 293 g/mol. The molecule has 1 heterocycles. The quantitative estimate of drug-likeness (QED) is 0.821. The molecule has 0 saturated heterocycles. The van der Waals surface area contributed by atoms with Crippen LogP contribution in [0.2, 0.25) is 0 Å². The molecule has 3 N–H and O–H groups in total. The Hall–Kier alpha value is -2.28. The summed E-state index contributed by atoms with van der Waals surface area (Å²) in [6, 6.07) is 7.63. The van der Waals surface area contributed by atoms with Gasteiger partial charge >= 0.3 is 5.97 Å². The van der Waals surface area contributed by atoms with E-state index >= 15 is 0 Å². The largest absolute Gasteiger partial charge is 0.497 e. The number of hydrogen-bond donors (Lipinski definition) is 2. The number of hydrogen-bond acceptors (Lipinski definition) is 7. The number of benzene rings is 1. The van der Waals surface area contributed by atoms with Crippen LogP contribution in [0.5, 0.6) is 5.75 Å². The van der Waals surface area contributed by atoms with E-state index in [-0.39, 0.29) is 11.4 Å². The standard InChI is InChI=1S/C13H15N3O3S/c1-18-9-5-3-8(4-6-9)7-15-12-10(13(17)19-2)11(14)16-20-12/h3-6,15H,7H2,1-2H3,(H2,14,16). The Labute approximate surface area is 120 Å². The van der Waals surface area contributed by atoms with Gasteiger partial charge in [0.05, 0.1) is 14.2 Å². The Morgan fingerprint density at radius 1 is 1.35 bits per heavy atom. The maximum Gasteiger partial charge on any atom is 0.344 e. The van der Waals surface area contributed by atoms with Gasteiger partial charge in [-0.05, 0) is 29.2 Å². The molecule has 6 nitrogen and oxygen atoms in total. The molecule has 20 heavy (non-hydrogen) atoms. The van der Waals surface area contributed by atoms with E-state index in [0.29, 0.717) is 11.5 Å². The molecule has 1 aromatic carbocycles. The zero-order valence-electron chi connectivity index (χ0n) is 11.2. The highest BCUT2D eigenvalue weighted by Crippen LogP contribution is 2.28. The molecule has 0 atom stereocenters. The Bertz CT molecular complexity index is 595. The van der Waals surface area contributed by atoms with E-state index in [9.17, 15) is 4.79 Å². The van der Waals surface area contributed by atoms with Crippen LogP contribution in [0.25, 0.3) is 0 Å². The van der Waals surface area contributed by atoms with Crippen molar-refractivity contribution in [2.45, 2.75) is 6.54 Å². The van der Waals surface area contributed by atoms with E-state index < -0.39 is 5.97 Å². The average Bonchev–Trinajstić information content (AvgIpc) is 2.86. The molecule has 2 rings (SSSR count). The molecule has 0 radical (unpaired) electrons. The van der Waals surface area contributed by atoms with Crippen LogP contribution in [-0.4, -0.2) is 24.6 Å². The van der Waals surface area contributed by atoms with Crippen molar-refractivity contribution in [3.8, 4) is 5.75 Å². The average molecular weight is 293 g/mol. The molecule has 2 aromatic rings. The van der Waals surface area contributed by atoms with Crippen molar-refractivity contribution < 1.29 is 14.3 Å². The molecule has 106 valence electrons. The van der Waals surface area contributed by atoms with Crippen LogP contribution in [0.4, 0.5) is 10.8 Å². The van der Waals surface area contributed by atoms with Gasteiger partial charge in [-0.1, -0.05) is 12.1 Å². The zero-order valence-corrected chi connectivity index (χ0v) is 12.0. The van der Waals surface area contributed by atoms with Gasteiger partial charge in [0, 0.05) is 6.54 Å². The van der Waals surface area contributed by atoms with Gasteiger partial charge < -0.3 is 20.5 Å². The van der Waals surface area contributed by atoms with Gasteiger partial charge in [0.2, 0.25) is 0 Å². The summed E-state index contributed by atoms with van der Waals surface area (Å²) in [5.41, 5.74) is 7.00. The molecule has 0 fully saturated rings. The summed E-state index contributed by atoms with van der Waals surface area (Å²) in [5.74, 6) is 0.485. The van der Waals surface area contributed by atoms with Crippen molar-refractivity contribution in [2.75, 3.05) is 25.3 Å².